The van der Waals surface area contributed by atoms with Gasteiger partial charge in [0.15, 0.2) is 0 Å². The van der Waals surface area contributed by atoms with Crippen molar-refractivity contribution in [3.63, 3.8) is 0 Å². The van der Waals surface area contributed by atoms with Crippen LogP contribution in [0.5, 0.6) is 0 Å². The fraction of sp³-hybridized carbons (Fsp3) is 0.750. The predicted octanol–water partition coefficient (Wildman–Crippen LogP) is 1.16. The van der Waals surface area contributed by atoms with Crippen LogP contribution in [0.1, 0.15) is 31.4 Å². The highest BCUT2D eigenvalue weighted by atomic mass is 16.2. The number of aliphatic hydroxyl groups is 1. The van der Waals surface area contributed by atoms with Crippen LogP contribution in [0.4, 0.5) is 0 Å². The lowest BCUT2D eigenvalue weighted by Gasteiger charge is -2.24. The summed E-state index contributed by atoms with van der Waals surface area (Å²) in [6.07, 6.45) is 6.46. The molecule has 1 unspecified atom stereocenters. The van der Waals surface area contributed by atoms with Crippen LogP contribution in [0.2, 0.25) is 0 Å². The first-order valence-electron chi connectivity index (χ1n) is 6.13. The highest BCUT2D eigenvalue weighted by Crippen LogP contribution is 2.23. The van der Waals surface area contributed by atoms with Crippen molar-refractivity contribution in [2.45, 2.75) is 38.3 Å². The molecule has 0 aromatic carbocycles. The molecule has 2 heterocycles. The molecule has 2 rings (SSSR count). The highest BCUT2D eigenvalue weighted by Gasteiger charge is 2.24. The second-order valence-electron chi connectivity index (χ2n) is 4.58. The van der Waals surface area contributed by atoms with E-state index in [2.05, 4.69) is 16.1 Å². The second kappa shape index (κ2) is 5.46. The molecular formula is C12H21N3O. The predicted molar refractivity (Wildman–Crippen MR) is 63.0 cm³/mol. The van der Waals surface area contributed by atoms with Crippen LogP contribution in [0.25, 0.3) is 0 Å². The Balaban J connectivity index is 1.91. The van der Waals surface area contributed by atoms with E-state index in [-0.39, 0.29) is 0 Å². The highest BCUT2D eigenvalue weighted by molar-refractivity contribution is 5.00. The number of hydrogen-bond donors (Lipinski definition) is 1. The van der Waals surface area contributed by atoms with Gasteiger partial charge in [-0.15, -0.1) is 0 Å². The molecular weight excluding hydrogens is 202 g/mol. The van der Waals surface area contributed by atoms with E-state index in [4.69, 9.17) is 5.11 Å². The third-order valence-corrected chi connectivity index (χ3v) is 3.48. The van der Waals surface area contributed by atoms with E-state index in [9.17, 15) is 0 Å². The molecule has 1 saturated heterocycles. The standard InChI is InChI=1S/C12H21N3O/c1-14-12(6-7-13-14)10-15-8-2-4-11(15)5-3-9-16/h6-7,11,16H,2-5,8-10H2,1H3. The first kappa shape index (κ1) is 11.6. The van der Waals surface area contributed by atoms with Crippen LogP contribution in [0, 0.1) is 0 Å². The third-order valence-electron chi connectivity index (χ3n) is 3.48. The number of rotatable bonds is 5. The van der Waals surface area contributed by atoms with E-state index in [1.54, 1.807) is 0 Å². The SMILES string of the molecule is Cn1nccc1CN1CCCC1CCCO. The zero-order chi connectivity index (χ0) is 11.4. The van der Waals surface area contributed by atoms with Gasteiger partial charge in [0.2, 0.25) is 0 Å². The fourth-order valence-corrected chi connectivity index (χ4v) is 2.52. The summed E-state index contributed by atoms with van der Waals surface area (Å²) in [6.45, 7) is 2.49. The molecule has 4 nitrogen and oxygen atoms in total. The largest absolute Gasteiger partial charge is 0.396 e. The first-order valence-corrected chi connectivity index (χ1v) is 6.13. The summed E-state index contributed by atoms with van der Waals surface area (Å²) in [7, 11) is 1.99. The van der Waals surface area contributed by atoms with Gasteiger partial charge in [0.25, 0.3) is 0 Å². The molecule has 90 valence electrons. The van der Waals surface area contributed by atoms with E-state index < -0.39 is 0 Å². The van der Waals surface area contributed by atoms with Crippen molar-refractivity contribution in [3.8, 4) is 0 Å². The van der Waals surface area contributed by atoms with Crippen LogP contribution in [0.15, 0.2) is 12.3 Å². The Kier molecular flexibility index (Phi) is 3.96. The van der Waals surface area contributed by atoms with Gasteiger partial charge in [0.1, 0.15) is 0 Å². The molecule has 0 saturated carbocycles. The fourth-order valence-electron chi connectivity index (χ4n) is 2.52. The van der Waals surface area contributed by atoms with Crippen LogP contribution in [-0.2, 0) is 13.6 Å². The summed E-state index contributed by atoms with van der Waals surface area (Å²) in [5.74, 6) is 0. The minimum absolute atomic E-state index is 0.316. The van der Waals surface area contributed by atoms with E-state index in [0.717, 1.165) is 19.4 Å². The Morgan fingerprint density at radius 3 is 3.12 bits per heavy atom. The lowest BCUT2D eigenvalue weighted by Crippen LogP contribution is -2.29. The molecule has 0 radical (unpaired) electrons. The van der Waals surface area contributed by atoms with E-state index in [1.165, 1.54) is 25.1 Å². The number of aliphatic hydroxyl groups excluding tert-OH is 1. The molecule has 16 heavy (non-hydrogen) atoms. The van der Waals surface area contributed by atoms with Crippen LogP contribution in [0.3, 0.4) is 0 Å². The normalized spacial score (nSPS) is 21.8. The van der Waals surface area contributed by atoms with Crippen molar-refractivity contribution in [2.75, 3.05) is 13.2 Å². The first-order chi connectivity index (χ1) is 7.81. The molecule has 1 atom stereocenters. The van der Waals surface area contributed by atoms with Crippen LogP contribution < -0.4 is 0 Å². The number of aromatic nitrogens is 2. The van der Waals surface area contributed by atoms with Gasteiger partial charge in [0, 0.05) is 32.4 Å². The number of aryl methyl sites for hydroxylation is 1. The van der Waals surface area contributed by atoms with Crippen LogP contribution in [-0.4, -0.2) is 39.0 Å². The second-order valence-corrected chi connectivity index (χ2v) is 4.58. The average Bonchev–Trinajstić information content (AvgIpc) is 2.87. The molecule has 1 aliphatic rings. The minimum Gasteiger partial charge on any atom is -0.396 e. The van der Waals surface area contributed by atoms with Crippen molar-refractivity contribution in [1.29, 1.82) is 0 Å². The van der Waals surface area contributed by atoms with E-state index in [1.807, 2.05) is 17.9 Å². The summed E-state index contributed by atoms with van der Waals surface area (Å²) in [5.41, 5.74) is 1.27. The van der Waals surface area contributed by atoms with Gasteiger partial charge >= 0.3 is 0 Å². The third kappa shape index (κ3) is 2.62. The van der Waals surface area contributed by atoms with Gasteiger partial charge in [-0.3, -0.25) is 9.58 Å². The van der Waals surface area contributed by atoms with Crippen molar-refractivity contribution in [1.82, 2.24) is 14.7 Å². The molecule has 0 aliphatic carbocycles. The van der Waals surface area contributed by atoms with Gasteiger partial charge in [0.05, 0.1) is 5.69 Å². The molecule has 1 N–H and O–H groups in total. The number of nitrogens with zero attached hydrogens (tertiary/aromatic N) is 3. The molecule has 4 heteroatoms. The Morgan fingerprint density at radius 1 is 1.56 bits per heavy atom. The lowest BCUT2D eigenvalue weighted by atomic mass is 10.1. The van der Waals surface area contributed by atoms with E-state index in [0.29, 0.717) is 12.6 Å². The Morgan fingerprint density at radius 2 is 2.44 bits per heavy atom. The molecule has 1 aromatic heterocycles. The monoisotopic (exact) mass is 223 g/mol. The molecule has 0 spiro atoms. The maximum atomic E-state index is 8.88. The van der Waals surface area contributed by atoms with Crippen molar-refractivity contribution < 1.29 is 5.11 Å². The van der Waals surface area contributed by atoms with Crippen molar-refractivity contribution in [3.05, 3.63) is 18.0 Å². The van der Waals surface area contributed by atoms with Crippen molar-refractivity contribution >= 4 is 0 Å². The Bertz CT molecular complexity index is 324. The van der Waals surface area contributed by atoms with Gasteiger partial charge in [-0.25, -0.2) is 0 Å². The van der Waals surface area contributed by atoms with Crippen LogP contribution >= 0.6 is 0 Å². The maximum Gasteiger partial charge on any atom is 0.0521 e. The summed E-state index contributed by atoms with van der Waals surface area (Å²) in [5, 5.41) is 13.1. The zero-order valence-corrected chi connectivity index (χ0v) is 9.97. The smallest absolute Gasteiger partial charge is 0.0521 e. The minimum atomic E-state index is 0.316. The molecule has 1 fully saturated rings. The lowest BCUT2D eigenvalue weighted by molar-refractivity contribution is 0.206. The zero-order valence-electron chi connectivity index (χ0n) is 9.97. The quantitative estimate of drug-likeness (QED) is 0.814. The Labute approximate surface area is 96.9 Å². The summed E-state index contributed by atoms with van der Waals surface area (Å²) >= 11 is 0. The number of likely N-dealkylation sites (tertiary alicyclic amines) is 1. The van der Waals surface area contributed by atoms with Gasteiger partial charge in [-0.05, 0) is 38.3 Å². The molecule has 1 aliphatic heterocycles. The topological polar surface area (TPSA) is 41.3 Å². The maximum absolute atomic E-state index is 8.88. The summed E-state index contributed by atoms with van der Waals surface area (Å²) in [6, 6.07) is 2.74. The summed E-state index contributed by atoms with van der Waals surface area (Å²) in [4.78, 5) is 2.52. The number of hydrogen-bond acceptors (Lipinski definition) is 3. The average molecular weight is 223 g/mol. The van der Waals surface area contributed by atoms with Crippen molar-refractivity contribution in [2.24, 2.45) is 7.05 Å². The van der Waals surface area contributed by atoms with E-state index >= 15 is 0 Å². The van der Waals surface area contributed by atoms with Gasteiger partial charge < -0.3 is 5.11 Å². The molecule has 0 amide bonds. The van der Waals surface area contributed by atoms with Gasteiger partial charge in [-0.2, -0.15) is 5.10 Å². The molecule has 0 bridgehead atoms. The summed E-state index contributed by atoms with van der Waals surface area (Å²) < 4.78 is 1.95. The Hall–Kier alpha value is -0.870. The molecule has 1 aromatic rings. The van der Waals surface area contributed by atoms with Gasteiger partial charge in [-0.1, -0.05) is 0 Å².